The molecule has 3 rings (SSSR count). The Morgan fingerprint density at radius 2 is 1.63 bits per heavy atom. The number of allylic oxidation sites excluding steroid dienone is 2. The van der Waals surface area contributed by atoms with Gasteiger partial charge in [0.2, 0.25) is 0 Å². The highest BCUT2D eigenvalue weighted by Crippen LogP contribution is 2.37. The highest BCUT2D eigenvalue weighted by molar-refractivity contribution is 5.74. The number of esters is 1. The van der Waals surface area contributed by atoms with Gasteiger partial charge in [-0.15, -0.1) is 0 Å². The van der Waals surface area contributed by atoms with Crippen molar-refractivity contribution in [1.82, 2.24) is 0 Å². The smallest absolute Gasteiger partial charge is 0.335 e. The lowest BCUT2D eigenvalue weighted by Gasteiger charge is -2.29. The quantitative estimate of drug-likeness (QED) is 0.123. The molecule has 1 heterocycles. The first kappa shape index (κ1) is 28.7. The number of carbonyl (C=O) groups is 1. The molecular weight excluding hydrogens is 436 g/mol. The van der Waals surface area contributed by atoms with Crippen molar-refractivity contribution < 1.29 is 19.0 Å². The summed E-state index contributed by atoms with van der Waals surface area (Å²) in [6.07, 6.45) is 29.5. The van der Waals surface area contributed by atoms with E-state index in [0.29, 0.717) is 6.42 Å². The van der Waals surface area contributed by atoms with E-state index >= 15 is 0 Å². The molecule has 0 aromatic rings. The third-order valence-corrected chi connectivity index (χ3v) is 8.50. The summed E-state index contributed by atoms with van der Waals surface area (Å²) in [7, 11) is 0. The first-order valence-corrected chi connectivity index (χ1v) is 15.4. The summed E-state index contributed by atoms with van der Waals surface area (Å²) in [5.74, 6) is 1.62. The maximum absolute atomic E-state index is 13.0. The minimum Gasteiger partial charge on any atom is -0.460 e. The Morgan fingerprint density at radius 1 is 0.857 bits per heavy atom. The molecule has 4 nitrogen and oxygen atoms in total. The standard InChI is InChI=1S/C31H54O4/c1-2-3-4-5-6-9-17-26-19-16-20-27(26)18-10-7-13-23-29(35-30-24-14-15-25-33-30)31(32)34-28-21-11-8-12-22-28/h7,10,26-30H,2-6,8-9,11-25H2,1H3/b10-7-/t26-,27-,29?,30?/m0/s1. The Morgan fingerprint density at radius 3 is 2.43 bits per heavy atom. The lowest BCUT2D eigenvalue weighted by Crippen LogP contribution is -2.36. The van der Waals surface area contributed by atoms with Crippen LogP contribution in [0, 0.1) is 11.8 Å². The monoisotopic (exact) mass is 490 g/mol. The predicted molar refractivity (Wildman–Crippen MR) is 143 cm³/mol. The minimum absolute atomic E-state index is 0.0797. The van der Waals surface area contributed by atoms with Crippen LogP contribution < -0.4 is 0 Å². The Hall–Kier alpha value is -0.870. The van der Waals surface area contributed by atoms with Crippen LogP contribution in [-0.2, 0) is 19.0 Å². The topological polar surface area (TPSA) is 44.8 Å². The third-order valence-electron chi connectivity index (χ3n) is 8.50. The molecule has 2 unspecified atom stereocenters. The van der Waals surface area contributed by atoms with Crippen LogP contribution in [0.1, 0.15) is 142 Å². The van der Waals surface area contributed by atoms with Crippen molar-refractivity contribution in [3.8, 4) is 0 Å². The summed E-state index contributed by atoms with van der Waals surface area (Å²) in [6, 6.07) is 0. The summed E-state index contributed by atoms with van der Waals surface area (Å²) >= 11 is 0. The van der Waals surface area contributed by atoms with Crippen LogP contribution in [0.3, 0.4) is 0 Å². The van der Waals surface area contributed by atoms with Crippen LogP contribution in [0.15, 0.2) is 12.2 Å². The van der Waals surface area contributed by atoms with Crippen molar-refractivity contribution in [3.63, 3.8) is 0 Å². The van der Waals surface area contributed by atoms with Crippen LogP contribution in [0.25, 0.3) is 0 Å². The van der Waals surface area contributed by atoms with Gasteiger partial charge in [-0.3, -0.25) is 0 Å². The zero-order valence-electron chi connectivity index (χ0n) is 22.7. The van der Waals surface area contributed by atoms with E-state index in [1.54, 1.807) is 0 Å². The summed E-state index contributed by atoms with van der Waals surface area (Å²) in [6.45, 7) is 3.02. The summed E-state index contributed by atoms with van der Waals surface area (Å²) in [5, 5.41) is 0. The maximum Gasteiger partial charge on any atom is 0.335 e. The zero-order valence-corrected chi connectivity index (χ0v) is 22.7. The Bertz CT molecular complexity index is 577. The lowest BCUT2D eigenvalue weighted by atomic mass is 9.88. The molecular formula is C31H54O4. The average molecular weight is 491 g/mol. The van der Waals surface area contributed by atoms with Gasteiger partial charge in [-0.2, -0.15) is 0 Å². The zero-order chi connectivity index (χ0) is 24.6. The van der Waals surface area contributed by atoms with E-state index in [-0.39, 0.29) is 18.4 Å². The summed E-state index contributed by atoms with van der Waals surface area (Å²) in [4.78, 5) is 13.0. The highest BCUT2D eigenvalue weighted by atomic mass is 16.7. The SMILES string of the molecule is CCCCCCCC[C@H]1CCC[C@@H]1C/C=C\CCC(OC1CCCCO1)C(=O)OC1CCCCC1. The second-order valence-corrected chi connectivity index (χ2v) is 11.4. The van der Waals surface area contributed by atoms with Gasteiger partial charge >= 0.3 is 5.97 Å². The molecule has 2 saturated carbocycles. The molecule has 0 radical (unpaired) electrons. The molecule has 202 valence electrons. The molecule has 0 spiro atoms. The van der Waals surface area contributed by atoms with Gasteiger partial charge in [0.15, 0.2) is 12.4 Å². The number of ether oxygens (including phenoxy) is 3. The van der Waals surface area contributed by atoms with Crippen molar-refractivity contribution in [2.75, 3.05) is 6.61 Å². The van der Waals surface area contributed by atoms with Gasteiger partial charge in [0.25, 0.3) is 0 Å². The van der Waals surface area contributed by atoms with Gasteiger partial charge in [-0.1, -0.05) is 83.3 Å². The third kappa shape index (κ3) is 11.4. The number of carbonyl (C=O) groups excluding carboxylic acids is 1. The fourth-order valence-corrected chi connectivity index (χ4v) is 6.29. The van der Waals surface area contributed by atoms with Gasteiger partial charge in [-0.05, 0) is 82.5 Å². The molecule has 0 N–H and O–H groups in total. The Balaban J connectivity index is 1.38. The van der Waals surface area contributed by atoms with E-state index in [4.69, 9.17) is 14.2 Å². The van der Waals surface area contributed by atoms with Crippen molar-refractivity contribution in [1.29, 1.82) is 0 Å². The van der Waals surface area contributed by atoms with Gasteiger partial charge in [0.05, 0.1) is 0 Å². The molecule has 0 aromatic carbocycles. The fraction of sp³-hybridized carbons (Fsp3) is 0.903. The van der Waals surface area contributed by atoms with Crippen LogP contribution in [0.5, 0.6) is 0 Å². The van der Waals surface area contributed by atoms with E-state index in [0.717, 1.165) is 57.0 Å². The maximum atomic E-state index is 13.0. The van der Waals surface area contributed by atoms with Crippen LogP contribution in [0.4, 0.5) is 0 Å². The van der Waals surface area contributed by atoms with E-state index < -0.39 is 6.10 Å². The first-order valence-electron chi connectivity index (χ1n) is 15.4. The molecule has 0 aromatic heterocycles. The van der Waals surface area contributed by atoms with Crippen molar-refractivity contribution >= 4 is 5.97 Å². The van der Waals surface area contributed by atoms with E-state index in [9.17, 15) is 4.79 Å². The van der Waals surface area contributed by atoms with Crippen molar-refractivity contribution in [3.05, 3.63) is 12.2 Å². The molecule has 2 aliphatic carbocycles. The fourth-order valence-electron chi connectivity index (χ4n) is 6.29. The largest absolute Gasteiger partial charge is 0.460 e. The molecule has 3 aliphatic rings. The van der Waals surface area contributed by atoms with Gasteiger partial charge in [-0.25, -0.2) is 4.79 Å². The lowest BCUT2D eigenvalue weighted by molar-refractivity contribution is -0.207. The van der Waals surface area contributed by atoms with Crippen LogP contribution in [0.2, 0.25) is 0 Å². The first-order chi connectivity index (χ1) is 17.3. The van der Waals surface area contributed by atoms with E-state index in [1.807, 2.05) is 0 Å². The van der Waals surface area contributed by atoms with Gasteiger partial charge < -0.3 is 14.2 Å². The van der Waals surface area contributed by atoms with Crippen molar-refractivity contribution in [2.24, 2.45) is 11.8 Å². The molecule has 35 heavy (non-hydrogen) atoms. The van der Waals surface area contributed by atoms with Crippen molar-refractivity contribution in [2.45, 2.75) is 160 Å². The molecule has 4 heteroatoms. The molecule has 3 fully saturated rings. The summed E-state index contributed by atoms with van der Waals surface area (Å²) < 4.78 is 17.8. The number of unbranched alkanes of at least 4 members (excludes halogenated alkanes) is 5. The van der Waals surface area contributed by atoms with Gasteiger partial charge in [0.1, 0.15) is 6.10 Å². The highest BCUT2D eigenvalue weighted by Gasteiger charge is 2.29. The molecule has 1 saturated heterocycles. The van der Waals surface area contributed by atoms with Crippen LogP contribution in [-0.4, -0.2) is 31.1 Å². The normalized spacial score (nSPS) is 26.8. The second-order valence-electron chi connectivity index (χ2n) is 11.4. The molecule has 1 aliphatic heterocycles. The second kappa shape index (κ2) is 17.6. The van der Waals surface area contributed by atoms with Gasteiger partial charge in [0, 0.05) is 6.61 Å². The van der Waals surface area contributed by atoms with Crippen LogP contribution >= 0.6 is 0 Å². The average Bonchev–Trinajstić information content (AvgIpc) is 3.33. The predicted octanol–water partition coefficient (Wildman–Crippen LogP) is 8.67. The number of hydrogen-bond donors (Lipinski definition) is 0. The number of rotatable bonds is 16. The molecule has 0 amide bonds. The Kier molecular flexibility index (Phi) is 14.4. The molecule has 0 bridgehead atoms. The van der Waals surface area contributed by atoms with E-state index in [2.05, 4.69) is 19.1 Å². The minimum atomic E-state index is -0.503. The number of hydrogen-bond acceptors (Lipinski definition) is 4. The van der Waals surface area contributed by atoms with E-state index in [1.165, 1.54) is 89.9 Å². The Labute approximate surface area is 215 Å². The summed E-state index contributed by atoms with van der Waals surface area (Å²) in [5.41, 5.74) is 0. The molecule has 4 atom stereocenters.